The summed E-state index contributed by atoms with van der Waals surface area (Å²) < 4.78 is 26.0. The minimum absolute atomic E-state index is 0.00497. The number of halogens is 2. The molecule has 1 N–H and O–H groups in total. The summed E-state index contributed by atoms with van der Waals surface area (Å²) in [5.41, 5.74) is 0. The summed E-state index contributed by atoms with van der Waals surface area (Å²) in [6.45, 7) is 3.46. The Bertz CT molecular complexity index is 457. The molecule has 0 fully saturated rings. The van der Waals surface area contributed by atoms with Gasteiger partial charge in [0.1, 0.15) is 4.90 Å². The molecule has 1 aromatic carbocycles. The quantitative estimate of drug-likeness (QED) is 0.916. The van der Waals surface area contributed by atoms with Crippen LogP contribution in [0.15, 0.2) is 23.1 Å². The van der Waals surface area contributed by atoms with Crippen LogP contribution in [0, 0.1) is 0 Å². The third-order valence-corrected chi connectivity index (χ3v) is 4.23. The summed E-state index contributed by atoms with van der Waals surface area (Å²) in [6.07, 6.45) is 0. The lowest BCUT2D eigenvalue weighted by Gasteiger charge is -2.11. The maximum Gasteiger partial charge on any atom is 0.242 e. The lowest BCUT2D eigenvalue weighted by Crippen LogP contribution is -2.30. The summed E-state index contributed by atoms with van der Waals surface area (Å²) in [7, 11) is -3.58. The van der Waals surface area contributed by atoms with Gasteiger partial charge in [-0.2, -0.15) is 0 Å². The third-order valence-electron chi connectivity index (χ3n) is 1.60. The van der Waals surface area contributed by atoms with Crippen molar-refractivity contribution in [1.82, 2.24) is 4.72 Å². The Morgan fingerprint density at radius 2 is 1.87 bits per heavy atom. The fourth-order valence-corrected chi connectivity index (χ4v) is 3.08. The highest BCUT2D eigenvalue weighted by molar-refractivity contribution is 7.89. The van der Waals surface area contributed by atoms with Crippen LogP contribution >= 0.6 is 23.2 Å². The standard InChI is InChI=1S/C9H11Cl2NO2S/c1-6(2)12-15(13,14)8-5-3-4-7(10)9(8)11/h3-6,12H,1-2H3. The topological polar surface area (TPSA) is 46.2 Å². The largest absolute Gasteiger partial charge is 0.242 e. The van der Waals surface area contributed by atoms with Gasteiger partial charge in [-0.15, -0.1) is 0 Å². The van der Waals surface area contributed by atoms with E-state index in [4.69, 9.17) is 23.2 Å². The molecule has 0 radical (unpaired) electrons. The van der Waals surface area contributed by atoms with E-state index >= 15 is 0 Å². The first-order chi connectivity index (χ1) is 6.84. The minimum atomic E-state index is -3.58. The highest BCUT2D eigenvalue weighted by Gasteiger charge is 2.19. The molecule has 0 bridgehead atoms. The fraction of sp³-hybridized carbons (Fsp3) is 0.333. The van der Waals surface area contributed by atoms with Crippen LogP contribution in [-0.4, -0.2) is 14.5 Å². The SMILES string of the molecule is CC(C)NS(=O)(=O)c1cccc(Cl)c1Cl. The Kier molecular flexibility index (Phi) is 4.00. The molecule has 15 heavy (non-hydrogen) atoms. The van der Waals surface area contributed by atoms with Gasteiger partial charge in [0.25, 0.3) is 0 Å². The zero-order chi connectivity index (χ0) is 11.6. The Hall–Kier alpha value is -0.290. The molecule has 0 atom stereocenters. The first kappa shape index (κ1) is 12.8. The van der Waals surface area contributed by atoms with Crippen molar-refractivity contribution in [2.45, 2.75) is 24.8 Å². The van der Waals surface area contributed by atoms with Gasteiger partial charge in [-0.25, -0.2) is 13.1 Å². The Morgan fingerprint density at radius 3 is 2.40 bits per heavy atom. The number of rotatable bonds is 3. The second-order valence-electron chi connectivity index (χ2n) is 3.33. The number of hydrogen-bond donors (Lipinski definition) is 1. The molecule has 6 heteroatoms. The third kappa shape index (κ3) is 3.08. The number of benzene rings is 1. The second kappa shape index (κ2) is 4.70. The van der Waals surface area contributed by atoms with Gasteiger partial charge in [-0.3, -0.25) is 0 Å². The molecule has 0 heterocycles. The number of nitrogens with one attached hydrogen (secondary N) is 1. The molecule has 3 nitrogen and oxygen atoms in total. The van der Waals surface area contributed by atoms with Crippen molar-refractivity contribution in [3.05, 3.63) is 28.2 Å². The molecule has 1 aromatic rings. The van der Waals surface area contributed by atoms with E-state index in [0.717, 1.165) is 0 Å². The van der Waals surface area contributed by atoms with Crippen molar-refractivity contribution >= 4 is 33.2 Å². The first-order valence-corrected chi connectivity index (χ1v) is 6.55. The van der Waals surface area contributed by atoms with Gasteiger partial charge < -0.3 is 0 Å². The molecule has 84 valence electrons. The van der Waals surface area contributed by atoms with Gasteiger partial charge in [-0.05, 0) is 26.0 Å². The van der Waals surface area contributed by atoms with E-state index in [1.165, 1.54) is 12.1 Å². The molecule has 0 aliphatic heterocycles. The van der Waals surface area contributed by atoms with E-state index in [1.807, 2.05) is 0 Å². The van der Waals surface area contributed by atoms with E-state index in [9.17, 15) is 8.42 Å². The van der Waals surface area contributed by atoms with Crippen molar-refractivity contribution in [1.29, 1.82) is 0 Å². The lowest BCUT2D eigenvalue weighted by molar-refractivity contribution is 0.570. The molecule has 0 saturated heterocycles. The van der Waals surface area contributed by atoms with Crippen molar-refractivity contribution in [2.24, 2.45) is 0 Å². The average molecular weight is 268 g/mol. The number of hydrogen-bond acceptors (Lipinski definition) is 2. The van der Waals surface area contributed by atoms with E-state index in [-0.39, 0.29) is 21.0 Å². The van der Waals surface area contributed by atoms with Crippen LogP contribution in [0.3, 0.4) is 0 Å². The Morgan fingerprint density at radius 1 is 1.27 bits per heavy atom. The molecular weight excluding hydrogens is 257 g/mol. The molecule has 0 aromatic heterocycles. The van der Waals surface area contributed by atoms with Gasteiger partial charge in [0.15, 0.2) is 0 Å². The van der Waals surface area contributed by atoms with Crippen LogP contribution < -0.4 is 4.72 Å². The molecule has 0 aliphatic rings. The summed E-state index contributed by atoms with van der Waals surface area (Å²) in [5.74, 6) is 0. The van der Waals surface area contributed by atoms with E-state index in [1.54, 1.807) is 19.9 Å². The maximum atomic E-state index is 11.8. The van der Waals surface area contributed by atoms with Gasteiger partial charge in [0.05, 0.1) is 10.0 Å². The summed E-state index contributed by atoms with van der Waals surface area (Å²) in [4.78, 5) is 0.00497. The van der Waals surface area contributed by atoms with Gasteiger partial charge >= 0.3 is 0 Å². The van der Waals surface area contributed by atoms with E-state index in [0.29, 0.717) is 0 Å². The average Bonchev–Trinajstić information content (AvgIpc) is 2.07. The van der Waals surface area contributed by atoms with Crippen molar-refractivity contribution < 1.29 is 8.42 Å². The van der Waals surface area contributed by atoms with Crippen LogP contribution in [0.25, 0.3) is 0 Å². The molecule has 0 spiro atoms. The second-order valence-corrected chi connectivity index (χ2v) is 5.80. The summed E-state index contributed by atoms with van der Waals surface area (Å²) in [5, 5.41) is 0.274. The molecule has 1 rings (SSSR count). The molecule has 0 unspecified atom stereocenters. The Balaban J connectivity index is 3.22. The predicted molar refractivity (Wildman–Crippen MR) is 61.9 cm³/mol. The highest BCUT2D eigenvalue weighted by atomic mass is 35.5. The maximum absolute atomic E-state index is 11.8. The zero-order valence-corrected chi connectivity index (χ0v) is 10.6. The van der Waals surface area contributed by atoms with Gasteiger partial charge in [0, 0.05) is 6.04 Å². The molecule has 0 saturated carbocycles. The normalized spacial score (nSPS) is 12.1. The van der Waals surface area contributed by atoms with Crippen molar-refractivity contribution in [3.63, 3.8) is 0 Å². The van der Waals surface area contributed by atoms with Crippen LogP contribution in [0.1, 0.15) is 13.8 Å². The Labute approximate surface area is 99.4 Å². The molecule has 0 aliphatic carbocycles. The van der Waals surface area contributed by atoms with Gasteiger partial charge in [0.2, 0.25) is 10.0 Å². The van der Waals surface area contributed by atoms with Crippen LogP contribution in [-0.2, 0) is 10.0 Å². The zero-order valence-electron chi connectivity index (χ0n) is 8.29. The molecule has 0 amide bonds. The van der Waals surface area contributed by atoms with Crippen LogP contribution in [0.4, 0.5) is 0 Å². The summed E-state index contributed by atoms with van der Waals surface area (Å²) >= 11 is 11.5. The monoisotopic (exact) mass is 267 g/mol. The minimum Gasteiger partial charge on any atom is -0.209 e. The van der Waals surface area contributed by atoms with Crippen molar-refractivity contribution in [3.8, 4) is 0 Å². The van der Waals surface area contributed by atoms with E-state index < -0.39 is 10.0 Å². The summed E-state index contributed by atoms with van der Waals surface area (Å²) in [6, 6.07) is 4.31. The van der Waals surface area contributed by atoms with Crippen LogP contribution in [0.2, 0.25) is 10.0 Å². The van der Waals surface area contributed by atoms with Gasteiger partial charge in [-0.1, -0.05) is 29.3 Å². The first-order valence-electron chi connectivity index (χ1n) is 4.31. The van der Waals surface area contributed by atoms with E-state index in [2.05, 4.69) is 4.72 Å². The number of sulfonamides is 1. The lowest BCUT2D eigenvalue weighted by atomic mass is 10.4. The fourth-order valence-electron chi connectivity index (χ4n) is 1.07. The molecular formula is C9H11Cl2NO2S. The van der Waals surface area contributed by atoms with Crippen molar-refractivity contribution in [2.75, 3.05) is 0 Å². The van der Waals surface area contributed by atoms with Crippen LogP contribution in [0.5, 0.6) is 0 Å². The highest BCUT2D eigenvalue weighted by Crippen LogP contribution is 2.28. The predicted octanol–water partition coefficient (Wildman–Crippen LogP) is 2.68. The smallest absolute Gasteiger partial charge is 0.209 e.